The van der Waals surface area contributed by atoms with Crippen molar-refractivity contribution in [3.63, 3.8) is 0 Å². The summed E-state index contributed by atoms with van der Waals surface area (Å²) in [4.78, 5) is 24.6. The summed E-state index contributed by atoms with van der Waals surface area (Å²) in [5.74, 6) is -1.65. The average molecular weight is 399 g/mol. The van der Waals surface area contributed by atoms with Gasteiger partial charge in [0.15, 0.2) is 6.10 Å². The Morgan fingerprint density at radius 2 is 1.78 bits per heavy atom. The van der Waals surface area contributed by atoms with Gasteiger partial charge in [-0.25, -0.2) is 4.79 Å². The molecule has 1 N–H and O–H groups in total. The molecule has 27 heavy (non-hydrogen) atoms. The molecule has 0 spiro atoms. The molecule has 0 unspecified atom stereocenters. The topological polar surface area (TPSA) is 72.5 Å². The van der Waals surface area contributed by atoms with Gasteiger partial charge in [0.25, 0.3) is 5.91 Å². The van der Waals surface area contributed by atoms with Crippen LogP contribution in [0.5, 0.6) is 0 Å². The van der Waals surface area contributed by atoms with Gasteiger partial charge in [0, 0.05) is 11.9 Å². The first-order chi connectivity index (χ1) is 12.6. The van der Waals surface area contributed by atoms with Crippen LogP contribution in [0.3, 0.4) is 0 Å². The number of anilines is 1. The minimum Gasteiger partial charge on any atom is -0.449 e. The first-order valence-electron chi connectivity index (χ1n) is 7.71. The largest absolute Gasteiger partial charge is 0.449 e. The van der Waals surface area contributed by atoms with E-state index in [1.165, 1.54) is 31.4 Å². The van der Waals surface area contributed by atoms with Gasteiger partial charge in [-0.05, 0) is 37.3 Å². The Bertz CT molecular complexity index is 883. The number of carbonyl (C=O) groups excluding carboxylic acids is 2. The molecule has 5 nitrogen and oxygen atoms in total. The molecule has 9 heteroatoms. The van der Waals surface area contributed by atoms with Crippen LogP contribution >= 0.6 is 0 Å². The van der Waals surface area contributed by atoms with Gasteiger partial charge in [0.2, 0.25) is 0 Å². The van der Waals surface area contributed by atoms with E-state index in [0.717, 1.165) is 18.2 Å². The van der Waals surface area contributed by atoms with Crippen LogP contribution in [-0.4, -0.2) is 28.4 Å². The maximum atomic E-state index is 12.7. The van der Waals surface area contributed by atoms with Crippen LogP contribution in [0.25, 0.3) is 0 Å². The number of alkyl halides is 3. The Labute approximate surface area is 156 Å². The summed E-state index contributed by atoms with van der Waals surface area (Å²) in [7, 11) is -1.44. The summed E-state index contributed by atoms with van der Waals surface area (Å²) in [5, 5.41) is 2.27. The molecule has 0 heterocycles. The van der Waals surface area contributed by atoms with Gasteiger partial charge in [-0.15, -0.1) is 0 Å². The molecule has 2 rings (SSSR count). The molecule has 0 radical (unpaired) electrons. The molecule has 2 aromatic rings. The van der Waals surface area contributed by atoms with E-state index < -0.39 is 40.5 Å². The number of hydrogen-bond acceptors (Lipinski definition) is 4. The monoisotopic (exact) mass is 399 g/mol. The zero-order chi connectivity index (χ0) is 20.2. The van der Waals surface area contributed by atoms with E-state index >= 15 is 0 Å². The third kappa shape index (κ3) is 5.40. The van der Waals surface area contributed by atoms with Crippen LogP contribution < -0.4 is 5.32 Å². The first-order valence-corrected chi connectivity index (χ1v) is 9.27. The fraction of sp³-hybridized carbons (Fsp3) is 0.222. The third-order valence-corrected chi connectivity index (χ3v) is 4.50. The van der Waals surface area contributed by atoms with E-state index in [-0.39, 0.29) is 16.1 Å². The van der Waals surface area contributed by atoms with Crippen molar-refractivity contribution >= 4 is 28.4 Å². The lowest BCUT2D eigenvalue weighted by atomic mass is 10.2. The van der Waals surface area contributed by atoms with Gasteiger partial charge in [0.05, 0.1) is 26.8 Å². The van der Waals surface area contributed by atoms with Gasteiger partial charge < -0.3 is 10.1 Å². The second kappa shape index (κ2) is 8.34. The molecule has 2 atom stereocenters. The molecule has 0 bridgehead atoms. The quantitative estimate of drug-likeness (QED) is 0.780. The molecule has 0 aliphatic carbocycles. The summed E-state index contributed by atoms with van der Waals surface area (Å²) in [6, 6.07) is 10.2. The molecule has 0 aliphatic heterocycles. The summed E-state index contributed by atoms with van der Waals surface area (Å²) in [5.41, 5.74) is -0.936. The third-order valence-electron chi connectivity index (χ3n) is 3.53. The van der Waals surface area contributed by atoms with Crippen molar-refractivity contribution in [1.29, 1.82) is 0 Å². The summed E-state index contributed by atoms with van der Waals surface area (Å²) in [6.45, 7) is 1.28. The Balaban J connectivity index is 2.08. The highest BCUT2D eigenvalue weighted by Crippen LogP contribution is 2.30. The lowest BCUT2D eigenvalue weighted by Gasteiger charge is -2.15. The Hall–Kier alpha value is -2.68. The normalized spacial score (nSPS) is 13.5. The molecule has 0 saturated heterocycles. The van der Waals surface area contributed by atoms with Crippen LogP contribution in [0.2, 0.25) is 0 Å². The van der Waals surface area contributed by atoms with Gasteiger partial charge in [-0.3, -0.25) is 9.00 Å². The molecule has 0 aromatic heterocycles. The maximum Gasteiger partial charge on any atom is 0.416 e. The molecule has 144 valence electrons. The molecule has 1 amide bonds. The Morgan fingerprint density at radius 1 is 1.11 bits per heavy atom. The van der Waals surface area contributed by atoms with Crippen molar-refractivity contribution in [2.45, 2.75) is 24.1 Å². The van der Waals surface area contributed by atoms with E-state index in [1.807, 2.05) is 0 Å². The number of hydrogen-bond donors (Lipinski definition) is 1. The lowest BCUT2D eigenvalue weighted by molar-refractivity contribution is -0.137. The van der Waals surface area contributed by atoms with Crippen LogP contribution in [0.15, 0.2) is 53.4 Å². The average Bonchev–Trinajstić information content (AvgIpc) is 2.61. The number of carbonyl (C=O) groups is 2. The highest BCUT2D eigenvalue weighted by Gasteiger charge is 2.30. The number of esters is 1. The van der Waals surface area contributed by atoms with E-state index in [2.05, 4.69) is 5.32 Å². The summed E-state index contributed by atoms with van der Waals surface area (Å²) < 4.78 is 54.9. The number of benzene rings is 2. The van der Waals surface area contributed by atoms with Gasteiger partial charge >= 0.3 is 12.1 Å². The minimum atomic E-state index is -4.54. The summed E-state index contributed by atoms with van der Waals surface area (Å²) >= 11 is 0. The fourth-order valence-electron chi connectivity index (χ4n) is 2.18. The van der Waals surface area contributed by atoms with Crippen molar-refractivity contribution in [3.8, 4) is 0 Å². The van der Waals surface area contributed by atoms with Crippen LogP contribution in [0.4, 0.5) is 18.9 Å². The Morgan fingerprint density at radius 3 is 2.41 bits per heavy atom. The van der Waals surface area contributed by atoms with Crippen molar-refractivity contribution < 1.29 is 31.7 Å². The molecular formula is C18H16F3NO4S. The zero-order valence-electron chi connectivity index (χ0n) is 14.4. The predicted octanol–water partition coefficient (Wildman–Crippen LogP) is 3.63. The van der Waals surface area contributed by atoms with Crippen molar-refractivity contribution in [2.75, 3.05) is 11.6 Å². The number of amides is 1. The number of halogens is 3. The van der Waals surface area contributed by atoms with E-state index in [0.29, 0.717) is 0 Å². The fourth-order valence-corrected chi connectivity index (χ4v) is 2.91. The predicted molar refractivity (Wildman–Crippen MR) is 93.7 cm³/mol. The maximum absolute atomic E-state index is 12.7. The second-order valence-electron chi connectivity index (χ2n) is 5.57. The number of rotatable bonds is 5. The van der Waals surface area contributed by atoms with E-state index in [9.17, 15) is 27.0 Å². The van der Waals surface area contributed by atoms with Crippen LogP contribution in [0, 0.1) is 0 Å². The Kier molecular flexibility index (Phi) is 6.37. The van der Waals surface area contributed by atoms with Crippen LogP contribution in [0.1, 0.15) is 22.8 Å². The number of ether oxygens (including phenoxy) is 1. The molecule has 0 saturated carbocycles. The highest BCUT2D eigenvalue weighted by atomic mass is 32.2. The van der Waals surface area contributed by atoms with Gasteiger partial charge in [0.1, 0.15) is 0 Å². The smallest absolute Gasteiger partial charge is 0.416 e. The summed E-state index contributed by atoms with van der Waals surface area (Å²) in [6.07, 6.45) is -4.42. The molecule has 0 aliphatic rings. The van der Waals surface area contributed by atoms with Crippen molar-refractivity contribution in [3.05, 3.63) is 59.7 Å². The standard InChI is InChI=1S/C18H16F3NO4S/c1-11(26-17(24)14-8-3-4-9-15(14)27(2)25)16(23)22-13-7-5-6-12(10-13)18(19,20)21/h3-11H,1-2H3,(H,22,23)/t11-,27+/m0/s1. The lowest BCUT2D eigenvalue weighted by Crippen LogP contribution is -2.30. The van der Waals surface area contributed by atoms with Crippen molar-refractivity contribution in [1.82, 2.24) is 0 Å². The van der Waals surface area contributed by atoms with Crippen molar-refractivity contribution in [2.24, 2.45) is 0 Å². The molecular weight excluding hydrogens is 383 g/mol. The zero-order valence-corrected chi connectivity index (χ0v) is 15.2. The highest BCUT2D eigenvalue weighted by molar-refractivity contribution is 7.84. The SMILES string of the molecule is C[C@H](OC(=O)c1ccccc1[S@@](C)=O)C(=O)Nc1cccc(C(F)(F)F)c1. The first kappa shape index (κ1) is 20.6. The molecule has 2 aromatic carbocycles. The van der Waals surface area contributed by atoms with Gasteiger partial charge in [-0.1, -0.05) is 18.2 Å². The minimum absolute atomic E-state index is 0.0528. The van der Waals surface area contributed by atoms with E-state index in [1.54, 1.807) is 12.1 Å². The number of nitrogens with one attached hydrogen (secondary N) is 1. The molecule has 0 fully saturated rings. The van der Waals surface area contributed by atoms with Gasteiger partial charge in [-0.2, -0.15) is 13.2 Å². The second-order valence-corrected chi connectivity index (χ2v) is 6.91. The van der Waals surface area contributed by atoms with Crippen LogP contribution in [-0.2, 0) is 26.5 Å². The van der Waals surface area contributed by atoms with E-state index in [4.69, 9.17) is 4.74 Å².